The molecule has 146 valence electrons. The molecule has 0 aliphatic carbocycles. The van der Waals surface area contributed by atoms with Crippen LogP contribution in [0.25, 0.3) is 0 Å². The molecule has 0 aliphatic rings. The van der Waals surface area contributed by atoms with Gasteiger partial charge in [0.2, 0.25) is 0 Å². The summed E-state index contributed by atoms with van der Waals surface area (Å²) in [6.07, 6.45) is 8.03. The van der Waals surface area contributed by atoms with Crippen molar-refractivity contribution >= 4 is 49.6 Å². The zero-order chi connectivity index (χ0) is 14.0. The van der Waals surface area contributed by atoms with Gasteiger partial charge in [-0.15, -0.1) is 49.6 Å². The first kappa shape index (κ1) is 35.0. The fourth-order valence-corrected chi connectivity index (χ4v) is 1.69. The molecule has 0 unspecified atom stereocenters. The topological polar surface area (TPSA) is 48.1 Å². The molecule has 0 aromatic rings. The number of hydrogen-bond acceptors (Lipinski definition) is 4. The summed E-state index contributed by atoms with van der Waals surface area (Å²) >= 11 is 0. The fourth-order valence-electron chi connectivity index (χ4n) is 1.69. The van der Waals surface area contributed by atoms with Crippen molar-refractivity contribution in [1.82, 2.24) is 21.3 Å². The number of rotatable bonds is 15. The molecule has 4 nitrogen and oxygen atoms in total. The van der Waals surface area contributed by atoms with Crippen molar-refractivity contribution in [3.05, 3.63) is 12.2 Å². The minimum absolute atomic E-state index is 0. The normalized spacial score (nSPS) is 9.48. The summed E-state index contributed by atoms with van der Waals surface area (Å²) in [5.41, 5.74) is 0. The highest BCUT2D eigenvalue weighted by Crippen LogP contribution is 1.77. The summed E-state index contributed by atoms with van der Waals surface area (Å²) in [5.74, 6) is 0. The molecule has 0 amide bonds. The van der Waals surface area contributed by atoms with Crippen LogP contribution in [0, 0.1) is 0 Å². The van der Waals surface area contributed by atoms with Crippen molar-refractivity contribution < 1.29 is 0 Å². The Morgan fingerprint density at radius 3 is 1.43 bits per heavy atom. The van der Waals surface area contributed by atoms with Gasteiger partial charge in [-0.05, 0) is 58.5 Å². The predicted molar refractivity (Wildman–Crippen MR) is 115 cm³/mol. The molecule has 0 rings (SSSR count). The van der Waals surface area contributed by atoms with Gasteiger partial charge in [0.05, 0.1) is 0 Å². The first-order valence-electron chi connectivity index (χ1n) is 7.89. The second-order valence-corrected chi connectivity index (χ2v) is 4.69. The van der Waals surface area contributed by atoms with E-state index in [1.807, 2.05) is 0 Å². The molecule has 0 bridgehead atoms. The molecule has 0 saturated heterocycles. The van der Waals surface area contributed by atoms with Gasteiger partial charge in [0.15, 0.2) is 0 Å². The highest BCUT2D eigenvalue weighted by Gasteiger charge is 1.87. The number of hydrogen-bond donors (Lipinski definition) is 4. The van der Waals surface area contributed by atoms with Crippen LogP contribution in [0.2, 0.25) is 0 Å². The maximum Gasteiger partial charge on any atom is 0.0135 e. The van der Waals surface area contributed by atoms with E-state index in [1.165, 1.54) is 19.3 Å². The van der Waals surface area contributed by atoms with E-state index >= 15 is 0 Å². The summed E-state index contributed by atoms with van der Waals surface area (Å²) < 4.78 is 0. The summed E-state index contributed by atoms with van der Waals surface area (Å²) in [7, 11) is 0. The third-order valence-electron chi connectivity index (χ3n) is 2.78. The van der Waals surface area contributed by atoms with Gasteiger partial charge < -0.3 is 21.3 Å². The van der Waals surface area contributed by atoms with Crippen molar-refractivity contribution in [1.29, 1.82) is 0 Å². The molecular weight excluding hydrogens is 378 g/mol. The van der Waals surface area contributed by atoms with Crippen molar-refractivity contribution in [2.75, 3.05) is 52.4 Å². The van der Waals surface area contributed by atoms with Gasteiger partial charge in [-0.2, -0.15) is 0 Å². The molecule has 0 heterocycles. The fraction of sp³-hybridized carbons (Fsp3) is 0.867. The van der Waals surface area contributed by atoms with Gasteiger partial charge in [-0.25, -0.2) is 0 Å². The van der Waals surface area contributed by atoms with E-state index in [0.29, 0.717) is 0 Å². The van der Waals surface area contributed by atoms with E-state index in [4.69, 9.17) is 0 Å². The Hall–Kier alpha value is 0.740. The molecule has 0 aliphatic heterocycles. The van der Waals surface area contributed by atoms with Gasteiger partial charge in [0.1, 0.15) is 0 Å². The van der Waals surface area contributed by atoms with Crippen LogP contribution >= 0.6 is 49.6 Å². The molecule has 0 saturated carbocycles. The largest absolute Gasteiger partial charge is 0.317 e. The lowest BCUT2D eigenvalue weighted by Crippen LogP contribution is -2.23. The molecule has 0 fully saturated rings. The zero-order valence-electron chi connectivity index (χ0n) is 14.6. The van der Waals surface area contributed by atoms with Crippen molar-refractivity contribution in [3.63, 3.8) is 0 Å². The van der Waals surface area contributed by atoms with Gasteiger partial charge >= 0.3 is 0 Å². The Bertz CT molecular complexity index is 198. The Balaban J connectivity index is -0.000000270. The van der Waals surface area contributed by atoms with Crippen LogP contribution in [-0.2, 0) is 0 Å². The van der Waals surface area contributed by atoms with Gasteiger partial charge in [0, 0.05) is 13.1 Å². The van der Waals surface area contributed by atoms with Gasteiger partial charge in [-0.1, -0.05) is 26.0 Å². The first-order chi connectivity index (χ1) is 9.41. The Morgan fingerprint density at radius 1 is 0.565 bits per heavy atom. The SMILES string of the molecule is CCCNCCCNC/C=C/CNCCCNCC.Cl.Cl.Cl.Cl. The molecular formula is C15H38Cl4N4. The number of nitrogens with one attached hydrogen (secondary N) is 4. The molecule has 0 aromatic carbocycles. The standard InChI is InChI=1S/C15H34N4.4ClH/c1-3-9-17-13-8-15-19-11-6-5-10-18-14-7-12-16-4-2;;;;/h5-6,16-19H,3-4,7-15H2,1-2H3;4*1H/b6-5+;;;;. The minimum Gasteiger partial charge on any atom is -0.317 e. The maximum atomic E-state index is 3.42. The van der Waals surface area contributed by atoms with E-state index in [0.717, 1.165) is 52.4 Å². The molecule has 4 N–H and O–H groups in total. The second-order valence-electron chi connectivity index (χ2n) is 4.69. The summed E-state index contributed by atoms with van der Waals surface area (Å²) in [6, 6.07) is 0. The van der Waals surface area contributed by atoms with Gasteiger partial charge in [0.25, 0.3) is 0 Å². The lowest BCUT2D eigenvalue weighted by Gasteiger charge is -2.04. The highest BCUT2D eigenvalue weighted by atomic mass is 35.5. The second kappa shape index (κ2) is 34.2. The van der Waals surface area contributed by atoms with Crippen LogP contribution in [0.15, 0.2) is 12.2 Å². The van der Waals surface area contributed by atoms with Gasteiger partial charge in [-0.3, -0.25) is 0 Å². The molecule has 8 heteroatoms. The highest BCUT2D eigenvalue weighted by molar-refractivity contribution is 5.86. The average Bonchev–Trinajstić information content (AvgIpc) is 2.43. The average molecular weight is 416 g/mol. The zero-order valence-corrected chi connectivity index (χ0v) is 17.8. The van der Waals surface area contributed by atoms with Crippen LogP contribution in [-0.4, -0.2) is 52.4 Å². The molecule has 0 atom stereocenters. The maximum absolute atomic E-state index is 3.42. The van der Waals surface area contributed by atoms with E-state index in [-0.39, 0.29) is 49.6 Å². The first-order valence-corrected chi connectivity index (χ1v) is 7.89. The van der Waals surface area contributed by atoms with Crippen molar-refractivity contribution in [2.24, 2.45) is 0 Å². The van der Waals surface area contributed by atoms with E-state index in [2.05, 4.69) is 47.3 Å². The van der Waals surface area contributed by atoms with Crippen LogP contribution < -0.4 is 21.3 Å². The predicted octanol–water partition coefficient (Wildman–Crippen LogP) is 2.80. The Labute approximate surface area is 168 Å². The smallest absolute Gasteiger partial charge is 0.0135 e. The van der Waals surface area contributed by atoms with E-state index in [9.17, 15) is 0 Å². The Morgan fingerprint density at radius 2 is 1.00 bits per heavy atom. The lowest BCUT2D eigenvalue weighted by atomic mass is 10.4. The van der Waals surface area contributed by atoms with Crippen molar-refractivity contribution in [3.8, 4) is 0 Å². The van der Waals surface area contributed by atoms with E-state index < -0.39 is 0 Å². The van der Waals surface area contributed by atoms with Crippen LogP contribution in [0.1, 0.15) is 33.1 Å². The molecule has 0 radical (unpaired) electrons. The monoisotopic (exact) mass is 414 g/mol. The third-order valence-corrected chi connectivity index (χ3v) is 2.78. The van der Waals surface area contributed by atoms with Crippen LogP contribution in [0.3, 0.4) is 0 Å². The van der Waals surface area contributed by atoms with Crippen LogP contribution in [0.4, 0.5) is 0 Å². The lowest BCUT2D eigenvalue weighted by molar-refractivity contribution is 0.608. The summed E-state index contributed by atoms with van der Waals surface area (Å²) in [4.78, 5) is 0. The van der Waals surface area contributed by atoms with Crippen molar-refractivity contribution in [2.45, 2.75) is 33.1 Å². The number of halogens is 4. The Kier molecular flexibility index (Phi) is 51.9. The van der Waals surface area contributed by atoms with E-state index in [1.54, 1.807) is 0 Å². The molecule has 23 heavy (non-hydrogen) atoms. The molecule has 0 spiro atoms. The minimum atomic E-state index is 0. The molecule has 0 aromatic heterocycles. The van der Waals surface area contributed by atoms with Crippen LogP contribution in [0.5, 0.6) is 0 Å². The summed E-state index contributed by atoms with van der Waals surface area (Å²) in [5, 5.41) is 13.5. The third kappa shape index (κ3) is 34.9. The quantitative estimate of drug-likeness (QED) is 0.245. The summed E-state index contributed by atoms with van der Waals surface area (Å²) in [6.45, 7) is 12.9.